The number of sulfonamides is 1. The predicted octanol–water partition coefficient (Wildman–Crippen LogP) is -0.209. The van der Waals surface area contributed by atoms with E-state index >= 15 is 0 Å². The van der Waals surface area contributed by atoms with E-state index in [2.05, 4.69) is 9.98 Å². The van der Waals surface area contributed by atoms with Crippen molar-refractivity contribution in [3.05, 3.63) is 29.6 Å². The Morgan fingerprint density at radius 1 is 1.29 bits per heavy atom. The lowest BCUT2D eigenvalue weighted by Gasteiger charge is -2.16. The summed E-state index contributed by atoms with van der Waals surface area (Å²) in [4.78, 5) is 8.19. The van der Waals surface area contributed by atoms with Crippen molar-refractivity contribution >= 4 is 24.9 Å². The molecule has 0 amide bonds. The highest BCUT2D eigenvalue weighted by Gasteiger charge is 2.40. The highest BCUT2D eigenvalue weighted by atomic mass is 32.2. The van der Waals surface area contributed by atoms with Crippen molar-refractivity contribution in [1.29, 1.82) is 0 Å². The molecule has 1 fully saturated rings. The second kappa shape index (κ2) is 4.85. The van der Waals surface area contributed by atoms with Crippen molar-refractivity contribution in [2.75, 3.05) is 19.3 Å². The van der Waals surface area contributed by atoms with Gasteiger partial charge in [0.05, 0.1) is 17.5 Å². The summed E-state index contributed by atoms with van der Waals surface area (Å²) in [6, 6.07) is 3.34. The van der Waals surface area contributed by atoms with Gasteiger partial charge in [-0.3, -0.25) is 9.98 Å². The maximum atomic E-state index is 12.6. The summed E-state index contributed by atoms with van der Waals surface area (Å²) in [6.45, 7) is 0.443. The molecule has 114 valence electrons. The standard InChI is InChI=1S/C12H15N3O4S2/c1-20(16,17)9-4-6-15(8-9)21(18,19)12-10-3-2-5-13-11(10)7-14-12/h2-3,5,9H,4,6-8H2,1H3. The molecule has 1 atom stereocenters. The summed E-state index contributed by atoms with van der Waals surface area (Å²) in [5.74, 6) is 0. The lowest BCUT2D eigenvalue weighted by molar-refractivity contribution is 0.488. The highest BCUT2D eigenvalue weighted by molar-refractivity contribution is 8.05. The third kappa shape index (κ3) is 2.49. The monoisotopic (exact) mass is 329 g/mol. The molecule has 3 heterocycles. The van der Waals surface area contributed by atoms with Gasteiger partial charge in [0, 0.05) is 31.1 Å². The molecule has 0 saturated carbocycles. The van der Waals surface area contributed by atoms with E-state index in [-0.39, 0.29) is 24.7 Å². The van der Waals surface area contributed by atoms with Gasteiger partial charge in [-0.25, -0.2) is 16.8 Å². The van der Waals surface area contributed by atoms with Gasteiger partial charge in [-0.15, -0.1) is 0 Å². The number of rotatable bonds is 2. The lowest BCUT2D eigenvalue weighted by atomic mass is 10.2. The summed E-state index contributed by atoms with van der Waals surface area (Å²) >= 11 is 0. The van der Waals surface area contributed by atoms with Gasteiger partial charge >= 0.3 is 0 Å². The first kappa shape index (κ1) is 14.6. The van der Waals surface area contributed by atoms with Crippen LogP contribution in [-0.2, 0) is 26.4 Å². The first-order chi connectivity index (χ1) is 9.80. The minimum atomic E-state index is -3.77. The van der Waals surface area contributed by atoms with Crippen LogP contribution in [0.15, 0.2) is 23.3 Å². The minimum Gasteiger partial charge on any atom is -0.265 e. The van der Waals surface area contributed by atoms with E-state index < -0.39 is 25.1 Å². The number of sulfone groups is 1. The Hall–Kier alpha value is -1.32. The zero-order valence-electron chi connectivity index (χ0n) is 11.4. The number of fused-ring (bicyclic) bond motifs is 1. The largest absolute Gasteiger partial charge is 0.265 e. The molecule has 1 unspecified atom stereocenters. The molecule has 2 aliphatic heterocycles. The first-order valence-electron chi connectivity index (χ1n) is 6.48. The van der Waals surface area contributed by atoms with Crippen LogP contribution in [0.25, 0.3) is 0 Å². The van der Waals surface area contributed by atoms with Gasteiger partial charge in [-0.05, 0) is 18.6 Å². The molecule has 1 aromatic heterocycles. The number of nitrogens with zero attached hydrogens (tertiary/aromatic N) is 3. The second-order valence-electron chi connectivity index (χ2n) is 5.22. The number of aliphatic imine (C=N–C) groups is 1. The molecule has 0 radical (unpaired) electrons. The van der Waals surface area contributed by atoms with Crippen LogP contribution < -0.4 is 0 Å². The molecule has 1 saturated heterocycles. The maximum Gasteiger partial charge on any atom is 0.260 e. The van der Waals surface area contributed by atoms with E-state index in [1.807, 2.05) is 0 Å². The van der Waals surface area contributed by atoms with E-state index in [4.69, 9.17) is 0 Å². The van der Waals surface area contributed by atoms with Crippen LogP contribution >= 0.6 is 0 Å². The average molecular weight is 329 g/mol. The smallest absolute Gasteiger partial charge is 0.260 e. The van der Waals surface area contributed by atoms with Gasteiger partial charge in [-0.2, -0.15) is 4.31 Å². The average Bonchev–Trinajstić information content (AvgIpc) is 3.05. The van der Waals surface area contributed by atoms with Gasteiger partial charge in [0.15, 0.2) is 14.9 Å². The van der Waals surface area contributed by atoms with Crippen LogP contribution in [0.4, 0.5) is 0 Å². The molecule has 0 bridgehead atoms. The first-order valence-corrected chi connectivity index (χ1v) is 9.87. The van der Waals surface area contributed by atoms with Gasteiger partial charge in [0.2, 0.25) is 0 Å². The van der Waals surface area contributed by atoms with Crippen molar-refractivity contribution in [2.24, 2.45) is 4.99 Å². The zero-order valence-corrected chi connectivity index (χ0v) is 13.1. The van der Waals surface area contributed by atoms with Crippen LogP contribution in [-0.4, -0.2) is 55.8 Å². The van der Waals surface area contributed by atoms with Crippen LogP contribution in [0.5, 0.6) is 0 Å². The fourth-order valence-electron chi connectivity index (χ4n) is 2.60. The Morgan fingerprint density at radius 3 is 2.71 bits per heavy atom. The number of hydrogen-bond donors (Lipinski definition) is 0. The van der Waals surface area contributed by atoms with Crippen molar-refractivity contribution in [3.8, 4) is 0 Å². The van der Waals surface area contributed by atoms with E-state index in [9.17, 15) is 16.8 Å². The highest BCUT2D eigenvalue weighted by Crippen LogP contribution is 2.26. The van der Waals surface area contributed by atoms with E-state index in [0.29, 0.717) is 17.7 Å². The Bertz CT molecular complexity index is 815. The lowest BCUT2D eigenvalue weighted by Crippen LogP contribution is -2.36. The van der Waals surface area contributed by atoms with Crippen molar-refractivity contribution in [2.45, 2.75) is 18.2 Å². The van der Waals surface area contributed by atoms with Crippen molar-refractivity contribution < 1.29 is 16.8 Å². The Morgan fingerprint density at radius 2 is 2.05 bits per heavy atom. The molecule has 7 nitrogen and oxygen atoms in total. The summed E-state index contributed by atoms with van der Waals surface area (Å²) in [6.07, 6.45) is 3.06. The topological polar surface area (TPSA) is 96.8 Å². The molecule has 21 heavy (non-hydrogen) atoms. The van der Waals surface area contributed by atoms with Crippen molar-refractivity contribution in [3.63, 3.8) is 0 Å². The van der Waals surface area contributed by atoms with E-state index in [0.717, 1.165) is 6.26 Å². The number of pyridine rings is 1. The zero-order chi connectivity index (χ0) is 15.3. The van der Waals surface area contributed by atoms with Gasteiger partial charge in [0.25, 0.3) is 10.0 Å². The predicted molar refractivity (Wildman–Crippen MR) is 78.2 cm³/mol. The van der Waals surface area contributed by atoms with E-state index in [1.54, 1.807) is 18.3 Å². The Labute approximate surface area is 123 Å². The summed E-state index contributed by atoms with van der Waals surface area (Å²) in [7, 11) is -7.00. The third-order valence-corrected chi connectivity index (χ3v) is 7.24. The van der Waals surface area contributed by atoms with Gasteiger partial charge in [-0.1, -0.05) is 0 Å². The van der Waals surface area contributed by atoms with Crippen LogP contribution in [0.1, 0.15) is 17.7 Å². The molecule has 0 aliphatic carbocycles. The Balaban J connectivity index is 1.90. The van der Waals surface area contributed by atoms with Crippen LogP contribution in [0.2, 0.25) is 0 Å². The molecule has 2 aliphatic rings. The second-order valence-corrected chi connectivity index (χ2v) is 9.40. The summed E-state index contributed by atoms with van der Waals surface area (Å²) in [5, 5.41) is -0.637. The quantitative estimate of drug-likeness (QED) is 0.748. The Kier molecular flexibility index (Phi) is 3.38. The van der Waals surface area contributed by atoms with Gasteiger partial charge in [0.1, 0.15) is 0 Å². The fraction of sp³-hybridized carbons (Fsp3) is 0.500. The van der Waals surface area contributed by atoms with E-state index in [1.165, 1.54) is 4.31 Å². The maximum absolute atomic E-state index is 12.6. The molecule has 3 rings (SSSR count). The van der Waals surface area contributed by atoms with Crippen LogP contribution in [0, 0.1) is 0 Å². The summed E-state index contributed by atoms with van der Waals surface area (Å²) in [5.41, 5.74) is 1.15. The molecule has 0 spiro atoms. The molecule has 0 aromatic carbocycles. The number of aromatic nitrogens is 1. The molecule has 9 heteroatoms. The van der Waals surface area contributed by atoms with Gasteiger partial charge < -0.3 is 0 Å². The van der Waals surface area contributed by atoms with Crippen LogP contribution in [0.3, 0.4) is 0 Å². The summed E-state index contributed by atoms with van der Waals surface area (Å²) < 4.78 is 49.6. The number of hydrogen-bond acceptors (Lipinski definition) is 6. The molecular formula is C12H15N3O4S2. The molecule has 1 aromatic rings. The van der Waals surface area contributed by atoms with Crippen molar-refractivity contribution in [1.82, 2.24) is 9.29 Å². The fourth-order valence-corrected chi connectivity index (χ4v) is 5.34. The minimum absolute atomic E-state index is 0.000231. The molecular weight excluding hydrogens is 314 g/mol. The normalized spacial score (nSPS) is 23.1. The SMILES string of the molecule is CS(=O)(=O)C1CCN(S(=O)(=O)C2=NCc3ncccc32)C1. The molecule has 0 N–H and O–H groups in total. The third-order valence-electron chi connectivity index (χ3n) is 3.79.